The number of likely N-dealkylation sites (tertiary alicyclic amines) is 1. The number of hydrogen-bond donors (Lipinski definition) is 1. The average Bonchev–Trinajstić information content (AvgIpc) is 3.62. The van der Waals surface area contributed by atoms with E-state index in [4.69, 9.17) is 16.3 Å². The third kappa shape index (κ3) is 6.57. The summed E-state index contributed by atoms with van der Waals surface area (Å²) in [6.07, 6.45) is -2.02. The van der Waals surface area contributed by atoms with Crippen LogP contribution in [-0.2, 0) is 4.79 Å². The molecule has 1 heterocycles. The maximum absolute atomic E-state index is 13.7. The Bertz CT molecular complexity index is 1160. The largest absolute Gasteiger partial charge is 0.494 e. The number of alkyl halides is 3. The summed E-state index contributed by atoms with van der Waals surface area (Å²) < 4.78 is 74.1. The third-order valence-electron chi connectivity index (χ3n) is 7.40. The molecule has 2 aromatic rings. The fourth-order valence-electron chi connectivity index (χ4n) is 5.36. The minimum atomic E-state index is -4.97. The Morgan fingerprint density at radius 1 is 1.11 bits per heavy atom. The fourth-order valence-corrected chi connectivity index (χ4v) is 5.61. The summed E-state index contributed by atoms with van der Waals surface area (Å²) in [7, 11) is 1.52. The van der Waals surface area contributed by atoms with E-state index in [9.17, 15) is 31.5 Å². The molecule has 1 aliphatic heterocycles. The lowest BCUT2D eigenvalue weighted by Gasteiger charge is -2.35. The minimum Gasteiger partial charge on any atom is -0.494 e. The van der Waals surface area contributed by atoms with Crippen LogP contribution in [0, 0.1) is 29.4 Å². The Kier molecular flexibility index (Phi) is 8.49. The van der Waals surface area contributed by atoms with Gasteiger partial charge in [-0.3, -0.25) is 9.59 Å². The van der Waals surface area contributed by atoms with E-state index >= 15 is 0 Å². The van der Waals surface area contributed by atoms with Crippen LogP contribution in [0.25, 0.3) is 0 Å². The molecule has 0 spiro atoms. The third-order valence-corrected chi connectivity index (χ3v) is 7.71. The zero-order chi connectivity index (χ0) is 27.6. The van der Waals surface area contributed by atoms with Gasteiger partial charge in [0.1, 0.15) is 17.4 Å². The van der Waals surface area contributed by atoms with E-state index in [2.05, 4.69) is 5.32 Å². The number of amides is 2. The Balaban J connectivity index is 1.26. The zero-order valence-electron chi connectivity index (χ0n) is 20.7. The van der Waals surface area contributed by atoms with Gasteiger partial charge in [0.05, 0.1) is 17.2 Å². The molecule has 38 heavy (non-hydrogen) atoms. The van der Waals surface area contributed by atoms with E-state index in [1.54, 1.807) is 18.2 Å². The second kappa shape index (κ2) is 11.5. The van der Waals surface area contributed by atoms with Crippen molar-refractivity contribution in [1.29, 1.82) is 0 Å². The highest BCUT2D eigenvalue weighted by molar-refractivity contribution is 6.34. The van der Waals surface area contributed by atoms with Gasteiger partial charge < -0.3 is 15.0 Å². The second-order valence-electron chi connectivity index (χ2n) is 9.86. The molecule has 5 nitrogen and oxygen atoms in total. The van der Waals surface area contributed by atoms with Crippen molar-refractivity contribution >= 4 is 23.4 Å². The zero-order valence-corrected chi connectivity index (χ0v) is 21.4. The molecule has 2 fully saturated rings. The lowest BCUT2D eigenvalue weighted by atomic mass is 9.89. The molecule has 4 rings (SSSR count). The molecular formula is C27H28ClF5N2O3. The molecule has 1 saturated carbocycles. The minimum absolute atomic E-state index is 0.170. The molecule has 0 unspecified atom stereocenters. The van der Waals surface area contributed by atoms with E-state index in [-0.39, 0.29) is 19.0 Å². The first kappa shape index (κ1) is 28.1. The standard InChI is InChI=1S/C27H28ClF5N2O3/c1-34-25(36)21-3-2-20(14-23(21)28)38-9-6-16-12-22(16)15-4-7-35(8-5-15)26(37)24(27(31,32)33)17-10-18(29)13-19(30)11-17/h2-3,10-11,13-16,22,24H,4-9,12H2,1H3,(H,34,36)/t16-,22-,24+/m1/s1. The molecule has 0 bridgehead atoms. The summed E-state index contributed by atoms with van der Waals surface area (Å²) in [5.41, 5.74) is -0.368. The van der Waals surface area contributed by atoms with E-state index in [0.29, 0.717) is 71.7 Å². The van der Waals surface area contributed by atoms with Gasteiger partial charge in [-0.1, -0.05) is 11.6 Å². The summed E-state index contributed by atoms with van der Waals surface area (Å²) in [5, 5.41) is 2.81. The molecule has 2 aliphatic rings. The summed E-state index contributed by atoms with van der Waals surface area (Å²) >= 11 is 6.14. The molecular weight excluding hydrogens is 531 g/mol. The topological polar surface area (TPSA) is 58.6 Å². The van der Waals surface area contributed by atoms with E-state index < -0.39 is 35.2 Å². The number of hydrogen-bond acceptors (Lipinski definition) is 3. The van der Waals surface area contributed by atoms with Crippen LogP contribution in [0.15, 0.2) is 36.4 Å². The molecule has 3 atom stereocenters. The first-order chi connectivity index (χ1) is 18.0. The van der Waals surface area contributed by atoms with Crippen LogP contribution in [0.1, 0.15) is 47.5 Å². The van der Waals surface area contributed by atoms with Gasteiger partial charge in [-0.25, -0.2) is 8.78 Å². The van der Waals surface area contributed by atoms with Gasteiger partial charge in [0.2, 0.25) is 5.91 Å². The van der Waals surface area contributed by atoms with Gasteiger partial charge in [0.25, 0.3) is 5.91 Å². The first-order valence-corrected chi connectivity index (χ1v) is 12.8. The Morgan fingerprint density at radius 2 is 1.76 bits per heavy atom. The predicted molar refractivity (Wildman–Crippen MR) is 131 cm³/mol. The van der Waals surface area contributed by atoms with Crippen LogP contribution in [-0.4, -0.2) is 49.6 Å². The molecule has 0 aromatic heterocycles. The van der Waals surface area contributed by atoms with Crippen LogP contribution in [0.2, 0.25) is 5.02 Å². The number of carbonyl (C=O) groups is 2. The number of rotatable bonds is 8. The smallest absolute Gasteiger partial charge is 0.404 e. The van der Waals surface area contributed by atoms with Crippen molar-refractivity contribution in [2.45, 2.75) is 37.8 Å². The van der Waals surface area contributed by atoms with Crippen molar-refractivity contribution in [2.24, 2.45) is 17.8 Å². The molecule has 2 amide bonds. The highest BCUT2D eigenvalue weighted by Crippen LogP contribution is 2.50. The monoisotopic (exact) mass is 558 g/mol. The SMILES string of the molecule is CNC(=O)c1ccc(OCC[C@@H]2C[C@@H]2C2CCN(C(=O)[C@H](c3cc(F)cc(F)c3)C(F)(F)F)CC2)cc1Cl. The molecule has 206 valence electrons. The van der Waals surface area contributed by atoms with Gasteiger partial charge in [-0.05, 0) is 79.3 Å². The quantitative estimate of drug-likeness (QED) is 0.406. The molecule has 0 radical (unpaired) electrons. The highest BCUT2D eigenvalue weighted by Gasteiger charge is 2.49. The Morgan fingerprint density at radius 3 is 2.34 bits per heavy atom. The van der Waals surface area contributed by atoms with Crippen molar-refractivity contribution in [3.8, 4) is 5.75 Å². The number of nitrogens with one attached hydrogen (secondary N) is 1. The van der Waals surface area contributed by atoms with Crippen LogP contribution in [0.5, 0.6) is 5.75 Å². The predicted octanol–water partition coefficient (Wildman–Crippen LogP) is 5.97. The van der Waals surface area contributed by atoms with Crippen LogP contribution in [0.3, 0.4) is 0 Å². The highest BCUT2D eigenvalue weighted by atomic mass is 35.5. The van der Waals surface area contributed by atoms with E-state index in [0.717, 1.165) is 17.7 Å². The second-order valence-corrected chi connectivity index (χ2v) is 10.3. The number of carbonyl (C=O) groups excluding carboxylic acids is 2. The van der Waals surface area contributed by atoms with Crippen molar-refractivity contribution in [1.82, 2.24) is 10.2 Å². The molecule has 1 saturated heterocycles. The number of piperidine rings is 1. The lowest BCUT2D eigenvalue weighted by molar-refractivity contribution is -0.173. The Labute approximate surface area is 222 Å². The van der Waals surface area contributed by atoms with E-state index in [1.807, 2.05) is 0 Å². The van der Waals surface area contributed by atoms with Gasteiger partial charge in [-0.2, -0.15) is 13.2 Å². The molecule has 1 aliphatic carbocycles. The summed E-state index contributed by atoms with van der Waals surface area (Å²) in [5.74, 6) is -4.68. The number of ether oxygens (including phenoxy) is 1. The number of halogens is 6. The maximum Gasteiger partial charge on any atom is 0.404 e. The summed E-state index contributed by atoms with van der Waals surface area (Å²) in [6.45, 7) is 0.805. The normalized spacial score (nSPS) is 20.7. The molecule has 11 heteroatoms. The van der Waals surface area contributed by atoms with Crippen molar-refractivity contribution in [3.63, 3.8) is 0 Å². The average molecular weight is 559 g/mol. The molecule has 2 aromatic carbocycles. The molecule has 1 N–H and O–H groups in total. The number of nitrogens with zero attached hydrogens (tertiary/aromatic N) is 1. The summed E-state index contributed by atoms with van der Waals surface area (Å²) in [4.78, 5) is 25.7. The van der Waals surface area contributed by atoms with Gasteiger partial charge in [0, 0.05) is 26.2 Å². The lowest BCUT2D eigenvalue weighted by Crippen LogP contribution is -2.45. The van der Waals surface area contributed by atoms with Crippen LogP contribution in [0.4, 0.5) is 22.0 Å². The fraction of sp³-hybridized carbons (Fsp3) is 0.481. The van der Waals surface area contributed by atoms with Crippen LogP contribution < -0.4 is 10.1 Å². The van der Waals surface area contributed by atoms with Gasteiger partial charge in [0.15, 0.2) is 5.92 Å². The van der Waals surface area contributed by atoms with Gasteiger partial charge in [-0.15, -0.1) is 0 Å². The van der Waals surface area contributed by atoms with Crippen molar-refractivity contribution < 1.29 is 36.3 Å². The Hall–Kier alpha value is -2.88. The van der Waals surface area contributed by atoms with Crippen molar-refractivity contribution in [3.05, 3.63) is 64.2 Å². The van der Waals surface area contributed by atoms with Gasteiger partial charge >= 0.3 is 6.18 Å². The van der Waals surface area contributed by atoms with E-state index in [1.165, 1.54) is 7.05 Å². The first-order valence-electron chi connectivity index (χ1n) is 12.4. The number of benzene rings is 2. The maximum atomic E-state index is 13.7. The van der Waals surface area contributed by atoms with Crippen LogP contribution >= 0.6 is 11.6 Å². The van der Waals surface area contributed by atoms with Crippen molar-refractivity contribution in [2.75, 3.05) is 26.7 Å². The summed E-state index contributed by atoms with van der Waals surface area (Å²) in [6, 6.07) is 6.47.